The van der Waals surface area contributed by atoms with Crippen LogP contribution < -0.4 is 10.6 Å². The van der Waals surface area contributed by atoms with E-state index in [1.54, 1.807) is 6.92 Å². The number of nitrogens with one attached hydrogen (secondary N) is 3. The van der Waals surface area contributed by atoms with Crippen LogP contribution in [0, 0.1) is 0 Å². The Morgan fingerprint density at radius 1 is 1.42 bits per heavy atom. The Labute approximate surface area is 111 Å². The molecule has 3 rings (SSSR count). The van der Waals surface area contributed by atoms with Crippen LogP contribution in [0.15, 0.2) is 24.3 Å². The van der Waals surface area contributed by atoms with Gasteiger partial charge in [-0.25, -0.2) is 0 Å². The maximum Gasteiger partial charge on any atom is 0.159 e. The van der Waals surface area contributed by atoms with Crippen molar-refractivity contribution in [1.29, 1.82) is 0 Å². The fourth-order valence-corrected chi connectivity index (χ4v) is 2.28. The highest BCUT2D eigenvalue weighted by molar-refractivity contribution is 5.95. The Bertz CT molecular complexity index is 618. The van der Waals surface area contributed by atoms with Gasteiger partial charge in [0.2, 0.25) is 0 Å². The molecule has 0 radical (unpaired) electrons. The summed E-state index contributed by atoms with van der Waals surface area (Å²) < 4.78 is 0. The molecule has 5 nitrogen and oxygen atoms in total. The summed E-state index contributed by atoms with van der Waals surface area (Å²) in [6, 6.07) is 7.47. The van der Waals surface area contributed by atoms with Gasteiger partial charge in [-0.05, 0) is 19.1 Å². The number of carbonyl (C=O) groups is 1. The number of aromatic amines is 1. The zero-order valence-electron chi connectivity index (χ0n) is 10.8. The standard InChI is InChI=1S/C14H16N4O/c1-9(19)10-3-2-4-11(7-10)16-14-12-8-15-6-5-13(12)17-18-14/h2-4,7,15H,5-6,8H2,1H3,(H2,16,17,18). The average Bonchev–Trinajstić information content (AvgIpc) is 2.83. The number of ketones is 1. The third-order valence-corrected chi connectivity index (χ3v) is 3.34. The predicted molar refractivity (Wildman–Crippen MR) is 73.7 cm³/mol. The molecule has 5 heteroatoms. The summed E-state index contributed by atoms with van der Waals surface area (Å²) in [5.41, 5.74) is 3.95. The normalized spacial score (nSPS) is 13.9. The van der Waals surface area contributed by atoms with E-state index in [1.807, 2.05) is 24.3 Å². The first kappa shape index (κ1) is 11.9. The Kier molecular flexibility index (Phi) is 3.05. The van der Waals surface area contributed by atoms with Crippen LogP contribution in [0.25, 0.3) is 0 Å². The summed E-state index contributed by atoms with van der Waals surface area (Å²) in [7, 11) is 0. The molecule has 0 atom stereocenters. The number of aromatic nitrogens is 2. The molecule has 19 heavy (non-hydrogen) atoms. The van der Waals surface area contributed by atoms with E-state index in [-0.39, 0.29) is 5.78 Å². The van der Waals surface area contributed by atoms with Crippen molar-refractivity contribution in [2.75, 3.05) is 11.9 Å². The summed E-state index contributed by atoms with van der Waals surface area (Å²) in [6.07, 6.45) is 0.970. The molecule has 2 heterocycles. The van der Waals surface area contributed by atoms with Gasteiger partial charge in [0.1, 0.15) is 0 Å². The van der Waals surface area contributed by atoms with Crippen molar-refractivity contribution in [2.45, 2.75) is 19.9 Å². The van der Waals surface area contributed by atoms with E-state index < -0.39 is 0 Å². The Morgan fingerprint density at radius 3 is 3.16 bits per heavy atom. The van der Waals surface area contributed by atoms with Crippen molar-refractivity contribution in [3.05, 3.63) is 41.1 Å². The van der Waals surface area contributed by atoms with Gasteiger partial charge in [0.15, 0.2) is 11.6 Å². The minimum Gasteiger partial charge on any atom is -0.338 e. The second kappa shape index (κ2) is 4.85. The van der Waals surface area contributed by atoms with Gasteiger partial charge in [0.05, 0.1) is 0 Å². The fraction of sp³-hybridized carbons (Fsp3) is 0.286. The van der Waals surface area contributed by atoms with Crippen LogP contribution in [0.1, 0.15) is 28.5 Å². The number of carbonyl (C=O) groups excluding carboxylic acids is 1. The minimum absolute atomic E-state index is 0.0642. The van der Waals surface area contributed by atoms with Crippen LogP contribution in [0.3, 0.4) is 0 Å². The van der Waals surface area contributed by atoms with Crippen molar-refractivity contribution in [2.24, 2.45) is 0 Å². The van der Waals surface area contributed by atoms with Crippen molar-refractivity contribution in [3.8, 4) is 0 Å². The number of H-pyrrole nitrogens is 1. The number of fused-ring (bicyclic) bond motifs is 1. The second-order valence-electron chi connectivity index (χ2n) is 4.72. The summed E-state index contributed by atoms with van der Waals surface area (Å²) >= 11 is 0. The number of nitrogens with zero attached hydrogens (tertiary/aromatic N) is 1. The maximum absolute atomic E-state index is 11.4. The molecule has 0 unspecified atom stereocenters. The van der Waals surface area contributed by atoms with Gasteiger partial charge in [0, 0.05) is 42.0 Å². The van der Waals surface area contributed by atoms with Gasteiger partial charge in [-0.2, -0.15) is 5.10 Å². The summed E-state index contributed by atoms with van der Waals surface area (Å²) in [6.45, 7) is 3.37. The number of benzene rings is 1. The molecule has 1 aromatic carbocycles. The molecular weight excluding hydrogens is 240 g/mol. The quantitative estimate of drug-likeness (QED) is 0.735. The van der Waals surface area contributed by atoms with Crippen molar-refractivity contribution in [1.82, 2.24) is 15.5 Å². The number of anilines is 2. The molecule has 1 aliphatic heterocycles. The van der Waals surface area contributed by atoms with E-state index >= 15 is 0 Å². The molecule has 1 aromatic heterocycles. The second-order valence-corrected chi connectivity index (χ2v) is 4.72. The first-order valence-corrected chi connectivity index (χ1v) is 6.39. The molecule has 0 spiro atoms. The van der Waals surface area contributed by atoms with Crippen LogP contribution in [0.4, 0.5) is 11.5 Å². The van der Waals surface area contributed by atoms with Gasteiger partial charge in [-0.1, -0.05) is 12.1 Å². The van der Waals surface area contributed by atoms with Crippen molar-refractivity contribution >= 4 is 17.3 Å². The first-order chi connectivity index (χ1) is 9.24. The highest BCUT2D eigenvalue weighted by Gasteiger charge is 2.16. The molecular formula is C14H16N4O. The predicted octanol–water partition coefficient (Wildman–Crippen LogP) is 2.00. The van der Waals surface area contributed by atoms with Crippen molar-refractivity contribution < 1.29 is 4.79 Å². The van der Waals surface area contributed by atoms with Crippen LogP contribution in [-0.4, -0.2) is 22.5 Å². The SMILES string of the molecule is CC(=O)c1cccc(Nc2n[nH]c3c2CNCC3)c1. The minimum atomic E-state index is 0.0642. The Morgan fingerprint density at radius 2 is 2.32 bits per heavy atom. The average molecular weight is 256 g/mol. The zero-order valence-corrected chi connectivity index (χ0v) is 10.8. The van der Waals surface area contributed by atoms with Gasteiger partial charge >= 0.3 is 0 Å². The molecule has 3 N–H and O–H groups in total. The van der Waals surface area contributed by atoms with E-state index in [0.717, 1.165) is 31.0 Å². The molecule has 2 aromatic rings. The van der Waals surface area contributed by atoms with Gasteiger partial charge in [-0.15, -0.1) is 0 Å². The molecule has 1 aliphatic rings. The lowest BCUT2D eigenvalue weighted by Crippen LogP contribution is -2.23. The number of Topliss-reactive ketones (excluding diaryl/α,β-unsaturated/α-hetero) is 1. The summed E-state index contributed by atoms with van der Waals surface area (Å²) in [5.74, 6) is 0.900. The monoisotopic (exact) mass is 256 g/mol. The number of hydrogen-bond donors (Lipinski definition) is 3. The van der Waals surface area contributed by atoms with Crippen LogP contribution in [0.2, 0.25) is 0 Å². The lowest BCUT2D eigenvalue weighted by atomic mass is 10.1. The fourth-order valence-electron chi connectivity index (χ4n) is 2.28. The number of hydrogen-bond acceptors (Lipinski definition) is 4. The third-order valence-electron chi connectivity index (χ3n) is 3.34. The first-order valence-electron chi connectivity index (χ1n) is 6.39. The Balaban J connectivity index is 1.87. The molecule has 0 aliphatic carbocycles. The van der Waals surface area contributed by atoms with Crippen LogP contribution in [0.5, 0.6) is 0 Å². The lowest BCUT2D eigenvalue weighted by Gasteiger charge is -2.13. The molecule has 0 saturated heterocycles. The van der Waals surface area contributed by atoms with Crippen molar-refractivity contribution in [3.63, 3.8) is 0 Å². The highest BCUT2D eigenvalue weighted by atomic mass is 16.1. The van der Waals surface area contributed by atoms with Gasteiger partial charge < -0.3 is 10.6 Å². The van der Waals surface area contributed by atoms with Crippen LogP contribution >= 0.6 is 0 Å². The molecule has 98 valence electrons. The zero-order chi connectivity index (χ0) is 13.2. The van der Waals surface area contributed by atoms with Crippen LogP contribution in [-0.2, 0) is 13.0 Å². The van der Waals surface area contributed by atoms with E-state index in [9.17, 15) is 4.79 Å². The Hall–Kier alpha value is -2.14. The van der Waals surface area contributed by atoms with Gasteiger partial charge in [0.25, 0.3) is 0 Å². The molecule has 0 amide bonds. The highest BCUT2D eigenvalue weighted by Crippen LogP contribution is 2.23. The smallest absolute Gasteiger partial charge is 0.159 e. The summed E-state index contributed by atoms with van der Waals surface area (Å²) in [5, 5.41) is 14.0. The lowest BCUT2D eigenvalue weighted by molar-refractivity contribution is 0.101. The largest absolute Gasteiger partial charge is 0.338 e. The summed E-state index contributed by atoms with van der Waals surface area (Å²) in [4.78, 5) is 11.4. The maximum atomic E-state index is 11.4. The van der Waals surface area contributed by atoms with E-state index in [1.165, 1.54) is 11.3 Å². The van der Waals surface area contributed by atoms with E-state index in [0.29, 0.717) is 5.56 Å². The topological polar surface area (TPSA) is 69.8 Å². The van der Waals surface area contributed by atoms with E-state index in [2.05, 4.69) is 20.8 Å². The van der Waals surface area contributed by atoms with Gasteiger partial charge in [-0.3, -0.25) is 9.89 Å². The number of rotatable bonds is 3. The van der Waals surface area contributed by atoms with E-state index in [4.69, 9.17) is 0 Å². The molecule has 0 bridgehead atoms. The molecule has 0 saturated carbocycles. The molecule has 0 fully saturated rings. The third kappa shape index (κ3) is 2.37.